The molecule has 3 heteroatoms. The van der Waals surface area contributed by atoms with Gasteiger partial charge in [-0.05, 0) is 44.4 Å². The Labute approximate surface area is 109 Å². The van der Waals surface area contributed by atoms with Gasteiger partial charge in [-0.25, -0.2) is 0 Å². The van der Waals surface area contributed by atoms with Crippen LogP contribution in [0.4, 0.5) is 0 Å². The highest BCUT2D eigenvalue weighted by molar-refractivity contribution is 6.30. The molecule has 0 fully saturated rings. The maximum Gasteiger partial charge on any atom is 0.0526 e. The molecule has 1 aromatic carbocycles. The lowest BCUT2D eigenvalue weighted by Gasteiger charge is -2.23. The van der Waals surface area contributed by atoms with Crippen LogP contribution in [0.2, 0.25) is 5.02 Å². The summed E-state index contributed by atoms with van der Waals surface area (Å²) in [4.78, 5) is 0. The summed E-state index contributed by atoms with van der Waals surface area (Å²) in [5.74, 6) is 0. The van der Waals surface area contributed by atoms with E-state index in [0.717, 1.165) is 17.9 Å². The van der Waals surface area contributed by atoms with Crippen molar-refractivity contribution in [2.45, 2.75) is 51.8 Å². The van der Waals surface area contributed by atoms with Gasteiger partial charge in [-0.15, -0.1) is 0 Å². The van der Waals surface area contributed by atoms with Crippen molar-refractivity contribution < 1.29 is 5.11 Å². The molecule has 1 aromatic rings. The van der Waals surface area contributed by atoms with Crippen LogP contribution in [0, 0.1) is 0 Å². The Bertz CT molecular complexity index is 341. The number of hydrogen-bond acceptors (Lipinski definition) is 2. The Balaban J connectivity index is 2.65. The Morgan fingerprint density at radius 1 is 1.35 bits per heavy atom. The lowest BCUT2D eigenvalue weighted by Crippen LogP contribution is -2.32. The summed E-state index contributed by atoms with van der Waals surface area (Å²) in [5.41, 5.74) is 1.21. The Morgan fingerprint density at radius 3 is 2.59 bits per heavy atom. The molecular formula is C14H22ClNO. The normalized spacial score (nSPS) is 16.5. The lowest BCUT2D eigenvalue weighted by atomic mass is 10.0. The highest BCUT2D eigenvalue weighted by Gasteiger charge is 2.13. The topological polar surface area (TPSA) is 32.3 Å². The molecule has 0 amide bonds. The molecule has 0 heterocycles. The second kappa shape index (κ2) is 7.00. The van der Waals surface area contributed by atoms with Gasteiger partial charge in [0.25, 0.3) is 0 Å². The van der Waals surface area contributed by atoms with E-state index >= 15 is 0 Å². The van der Waals surface area contributed by atoms with Crippen molar-refractivity contribution in [3.63, 3.8) is 0 Å². The van der Waals surface area contributed by atoms with Gasteiger partial charge >= 0.3 is 0 Å². The van der Waals surface area contributed by atoms with Crippen LogP contribution in [0.5, 0.6) is 0 Å². The van der Waals surface area contributed by atoms with Gasteiger partial charge in [0.15, 0.2) is 0 Å². The van der Waals surface area contributed by atoms with Crippen molar-refractivity contribution in [1.29, 1.82) is 0 Å². The van der Waals surface area contributed by atoms with E-state index in [2.05, 4.69) is 25.2 Å². The number of aliphatic hydroxyl groups excluding tert-OH is 1. The average molecular weight is 256 g/mol. The van der Waals surface area contributed by atoms with Gasteiger partial charge in [0.05, 0.1) is 6.10 Å². The number of halogens is 1. The molecule has 2 N–H and O–H groups in total. The maximum absolute atomic E-state index is 9.36. The second-order valence-electron chi connectivity index (χ2n) is 4.67. The Kier molecular flexibility index (Phi) is 5.96. The predicted molar refractivity (Wildman–Crippen MR) is 73.4 cm³/mol. The van der Waals surface area contributed by atoms with Crippen molar-refractivity contribution in [2.75, 3.05) is 0 Å². The zero-order chi connectivity index (χ0) is 12.8. The summed E-state index contributed by atoms with van der Waals surface area (Å²) in [6, 6.07) is 8.53. The minimum atomic E-state index is -0.269. The number of rotatable bonds is 6. The molecule has 0 radical (unpaired) electrons. The summed E-state index contributed by atoms with van der Waals surface area (Å²) < 4.78 is 0. The van der Waals surface area contributed by atoms with Crippen molar-refractivity contribution in [2.24, 2.45) is 0 Å². The van der Waals surface area contributed by atoms with Gasteiger partial charge in [-0.2, -0.15) is 0 Å². The number of aliphatic hydroxyl groups is 1. The standard InChI is InChI=1S/C14H22ClNO/c1-4-14(16-10(2)8-11(3)17)12-6-5-7-13(15)9-12/h5-7,9-11,14,16-17H,4,8H2,1-3H3. The van der Waals surface area contributed by atoms with Gasteiger partial charge in [0.1, 0.15) is 0 Å². The van der Waals surface area contributed by atoms with Gasteiger partial charge in [0.2, 0.25) is 0 Å². The van der Waals surface area contributed by atoms with Crippen LogP contribution in [-0.2, 0) is 0 Å². The first kappa shape index (κ1) is 14.5. The first-order chi connectivity index (χ1) is 8.02. The van der Waals surface area contributed by atoms with Crippen LogP contribution in [0.3, 0.4) is 0 Å². The van der Waals surface area contributed by atoms with E-state index < -0.39 is 0 Å². The molecule has 0 aliphatic rings. The monoisotopic (exact) mass is 255 g/mol. The largest absolute Gasteiger partial charge is 0.393 e. The zero-order valence-electron chi connectivity index (χ0n) is 10.8. The van der Waals surface area contributed by atoms with E-state index in [1.807, 2.05) is 25.1 Å². The summed E-state index contributed by atoms with van der Waals surface area (Å²) in [7, 11) is 0. The quantitative estimate of drug-likeness (QED) is 0.815. The molecule has 3 unspecified atom stereocenters. The van der Waals surface area contributed by atoms with E-state index in [9.17, 15) is 5.11 Å². The van der Waals surface area contributed by atoms with Crippen LogP contribution < -0.4 is 5.32 Å². The molecule has 0 aromatic heterocycles. The van der Waals surface area contributed by atoms with Crippen LogP contribution >= 0.6 is 11.6 Å². The molecule has 0 aliphatic heterocycles. The van der Waals surface area contributed by atoms with E-state index in [-0.39, 0.29) is 6.10 Å². The molecule has 3 atom stereocenters. The average Bonchev–Trinajstić information content (AvgIpc) is 2.24. The second-order valence-corrected chi connectivity index (χ2v) is 5.10. The highest BCUT2D eigenvalue weighted by Crippen LogP contribution is 2.21. The molecule has 1 rings (SSSR count). The van der Waals surface area contributed by atoms with E-state index in [4.69, 9.17) is 11.6 Å². The molecule has 0 spiro atoms. The Hall–Kier alpha value is -0.570. The lowest BCUT2D eigenvalue weighted by molar-refractivity contribution is 0.167. The third-order valence-electron chi connectivity index (χ3n) is 2.84. The van der Waals surface area contributed by atoms with Crippen LogP contribution in [0.15, 0.2) is 24.3 Å². The minimum Gasteiger partial charge on any atom is -0.393 e. The van der Waals surface area contributed by atoms with E-state index in [1.54, 1.807) is 0 Å². The first-order valence-electron chi connectivity index (χ1n) is 6.22. The number of nitrogens with one attached hydrogen (secondary N) is 1. The summed E-state index contributed by atoms with van der Waals surface area (Å²) in [6.45, 7) is 6.06. The number of benzene rings is 1. The number of hydrogen-bond donors (Lipinski definition) is 2. The van der Waals surface area contributed by atoms with Crippen LogP contribution in [-0.4, -0.2) is 17.3 Å². The maximum atomic E-state index is 9.36. The predicted octanol–water partition coefficient (Wildman–Crippen LogP) is 3.54. The molecule has 0 bridgehead atoms. The van der Waals surface area contributed by atoms with Gasteiger partial charge < -0.3 is 10.4 Å². The van der Waals surface area contributed by atoms with Crippen molar-refractivity contribution in [1.82, 2.24) is 5.32 Å². The molecule has 0 saturated heterocycles. The highest BCUT2D eigenvalue weighted by atomic mass is 35.5. The minimum absolute atomic E-state index is 0.269. The fourth-order valence-electron chi connectivity index (χ4n) is 2.10. The zero-order valence-corrected chi connectivity index (χ0v) is 11.5. The Morgan fingerprint density at radius 2 is 2.06 bits per heavy atom. The summed E-state index contributed by atoms with van der Waals surface area (Å²) >= 11 is 6.00. The van der Waals surface area contributed by atoms with Crippen LogP contribution in [0.1, 0.15) is 45.2 Å². The SMILES string of the molecule is CCC(NC(C)CC(C)O)c1cccc(Cl)c1. The fraction of sp³-hybridized carbons (Fsp3) is 0.571. The first-order valence-corrected chi connectivity index (χ1v) is 6.60. The summed E-state index contributed by atoms with van der Waals surface area (Å²) in [5, 5.41) is 13.7. The fourth-order valence-corrected chi connectivity index (χ4v) is 2.29. The van der Waals surface area contributed by atoms with Crippen molar-refractivity contribution >= 4 is 11.6 Å². The summed E-state index contributed by atoms with van der Waals surface area (Å²) in [6.07, 6.45) is 1.50. The van der Waals surface area contributed by atoms with E-state index in [1.165, 1.54) is 5.56 Å². The molecule has 96 valence electrons. The smallest absolute Gasteiger partial charge is 0.0526 e. The molecule has 0 aliphatic carbocycles. The third kappa shape index (κ3) is 5.07. The van der Waals surface area contributed by atoms with Crippen LogP contribution in [0.25, 0.3) is 0 Å². The van der Waals surface area contributed by atoms with Gasteiger partial charge in [-0.1, -0.05) is 30.7 Å². The van der Waals surface area contributed by atoms with Crippen molar-refractivity contribution in [3.8, 4) is 0 Å². The molecular weight excluding hydrogens is 234 g/mol. The molecule has 0 saturated carbocycles. The van der Waals surface area contributed by atoms with Gasteiger partial charge in [0, 0.05) is 17.1 Å². The third-order valence-corrected chi connectivity index (χ3v) is 3.07. The van der Waals surface area contributed by atoms with Crippen molar-refractivity contribution in [3.05, 3.63) is 34.9 Å². The molecule has 2 nitrogen and oxygen atoms in total. The van der Waals surface area contributed by atoms with E-state index in [0.29, 0.717) is 12.1 Å². The van der Waals surface area contributed by atoms with Gasteiger partial charge in [-0.3, -0.25) is 0 Å². The molecule has 17 heavy (non-hydrogen) atoms.